The monoisotopic (exact) mass is 407 g/mol. The molecule has 2 N–H and O–H groups in total. The molecule has 0 saturated carbocycles. The predicted molar refractivity (Wildman–Crippen MR) is 117 cm³/mol. The molecule has 0 aliphatic rings. The summed E-state index contributed by atoms with van der Waals surface area (Å²) in [7, 11) is 4.07. The van der Waals surface area contributed by atoms with E-state index in [4.69, 9.17) is 0 Å². The number of non-ortho nitro benzene ring substituents is 1. The van der Waals surface area contributed by atoms with Crippen molar-refractivity contribution in [3.8, 4) is 11.3 Å². The van der Waals surface area contributed by atoms with Crippen molar-refractivity contribution in [1.29, 1.82) is 0 Å². The number of rotatable bonds is 10. The van der Waals surface area contributed by atoms with Crippen molar-refractivity contribution in [1.82, 2.24) is 19.9 Å². The predicted octanol–water partition coefficient (Wildman–Crippen LogP) is 3.42. The summed E-state index contributed by atoms with van der Waals surface area (Å²) in [5.41, 5.74) is 2.49. The zero-order valence-corrected chi connectivity index (χ0v) is 17.1. The first-order chi connectivity index (χ1) is 14.5. The van der Waals surface area contributed by atoms with Crippen molar-refractivity contribution in [2.24, 2.45) is 0 Å². The molecule has 2 aromatic heterocycles. The van der Waals surface area contributed by atoms with Crippen LogP contribution in [0, 0.1) is 10.1 Å². The van der Waals surface area contributed by atoms with Gasteiger partial charge in [0, 0.05) is 49.2 Å². The van der Waals surface area contributed by atoms with E-state index >= 15 is 0 Å². The lowest BCUT2D eigenvalue weighted by molar-refractivity contribution is -0.384. The molecule has 0 spiro atoms. The Morgan fingerprint density at radius 1 is 1.10 bits per heavy atom. The second-order valence-corrected chi connectivity index (χ2v) is 7.07. The number of pyridine rings is 1. The van der Waals surface area contributed by atoms with Gasteiger partial charge < -0.3 is 15.5 Å². The first kappa shape index (κ1) is 21.1. The number of anilines is 2. The summed E-state index contributed by atoms with van der Waals surface area (Å²) in [6.45, 7) is 2.12. The molecule has 0 aliphatic carbocycles. The molecule has 30 heavy (non-hydrogen) atoms. The van der Waals surface area contributed by atoms with Crippen LogP contribution in [0.2, 0.25) is 0 Å². The van der Waals surface area contributed by atoms with E-state index in [-0.39, 0.29) is 5.69 Å². The summed E-state index contributed by atoms with van der Waals surface area (Å²) in [5, 5.41) is 17.5. The number of nitro groups is 1. The van der Waals surface area contributed by atoms with E-state index in [1.165, 1.54) is 6.07 Å². The van der Waals surface area contributed by atoms with Crippen LogP contribution in [0.1, 0.15) is 12.0 Å². The van der Waals surface area contributed by atoms with Crippen LogP contribution >= 0.6 is 0 Å². The fourth-order valence-corrected chi connectivity index (χ4v) is 2.85. The lowest BCUT2D eigenvalue weighted by Crippen LogP contribution is -2.17. The molecule has 0 bridgehead atoms. The summed E-state index contributed by atoms with van der Waals surface area (Å²) in [5.74, 6) is 1.15. The van der Waals surface area contributed by atoms with E-state index in [9.17, 15) is 10.1 Å². The highest BCUT2D eigenvalue weighted by molar-refractivity contribution is 5.63. The summed E-state index contributed by atoms with van der Waals surface area (Å²) < 4.78 is 0. The second kappa shape index (κ2) is 10.3. The van der Waals surface area contributed by atoms with Crippen molar-refractivity contribution >= 4 is 17.5 Å². The average molecular weight is 407 g/mol. The van der Waals surface area contributed by atoms with E-state index in [2.05, 4.69) is 30.5 Å². The van der Waals surface area contributed by atoms with E-state index < -0.39 is 4.92 Å². The Balaban J connectivity index is 1.77. The number of nitrogens with zero attached hydrogens (tertiary/aromatic N) is 5. The lowest BCUT2D eigenvalue weighted by atomic mass is 10.2. The minimum absolute atomic E-state index is 0.0660. The highest BCUT2D eigenvalue weighted by Crippen LogP contribution is 2.21. The third kappa shape index (κ3) is 6.21. The van der Waals surface area contributed by atoms with E-state index in [0.717, 1.165) is 36.3 Å². The van der Waals surface area contributed by atoms with Gasteiger partial charge in [-0.3, -0.25) is 15.1 Å². The van der Waals surface area contributed by atoms with Gasteiger partial charge in [-0.1, -0.05) is 12.1 Å². The third-order valence-corrected chi connectivity index (χ3v) is 4.34. The van der Waals surface area contributed by atoms with Crippen LogP contribution in [0.3, 0.4) is 0 Å². The molecule has 156 valence electrons. The Labute approximate surface area is 175 Å². The normalized spacial score (nSPS) is 10.8. The molecule has 9 nitrogen and oxygen atoms in total. The molecule has 0 unspecified atom stereocenters. The van der Waals surface area contributed by atoms with Gasteiger partial charge in [-0.05, 0) is 44.8 Å². The molecule has 1 aromatic carbocycles. The van der Waals surface area contributed by atoms with Crippen LogP contribution < -0.4 is 10.6 Å². The van der Waals surface area contributed by atoms with Crippen LogP contribution in [0.4, 0.5) is 17.5 Å². The quantitative estimate of drug-likeness (QED) is 0.299. The summed E-state index contributed by atoms with van der Waals surface area (Å²) in [6.07, 6.45) is 4.43. The third-order valence-electron chi connectivity index (χ3n) is 4.34. The Morgan fingerprint density at radius 2 is 1.97 bits per heavy atom. The van der Waals surface area contributed by atoms with Gasteiger partial charge >= 0.3 is 0 Å². The highest BCUT2D eigenvalue weighted by atomic mass is 16.6. The van der Waals surface area contributed by atoms with Gasteiger partial charge in [-0.25, -0.2) is 4.98 Å². The first-order valence-corrected chi connectivity index (χ1v) is 9.66. The number of nitro benzene ring substituents is 1. The summed E-state index contributed by atoms with van der Waals surface area (Å²) in [6, 6.07) is 12.2. The van der Waals surface area contributed by atoms with Crippen LogP contribution in [-0.2, 0) is 6.54 Å². The molecular formula is C21H25N7O2. The van der Waals surface area contributed by atoms with Gasteiger partial charge in [0.15, 0.2) is 0 Å². The van der Waals surface area contributed by atoms with E-state index in [1.54, 1.807) is 24.5 Å². The molecule has 0 aliphatic heterocycles. The van der Waals surface area contributed by atoms with Gasteiger partial charge in [0.25, 0.3) is 5.69 Å². The minimum atomic E-state index is -0.398. The fourth-order valence-electron chi connectivity index (χ4n) is 2.85. The molecule has 2 heterocycles. The Bertz CT molecular complexity index is 980. The van der Waals surface area contributed by atoms with Crippen molar-refractivity contribution in [3.05, 3.63) is 70.5 Å². The van der Waals surface area contributed by atoms with Crippen LogP contribution in [-0.4, -0.2) is 52.0 Å². The van der Waals surface area contributed by atoms with Crippen LogP contribution in [0.5, 0.6) is 0 Å². The number of hydrogen-bond acceptors (Lipinski definition) is 8. The van der Waals surface area contributed by atoms with Crippen molar-refractivity contribution in [2.75, 3.05) is 37.8 Å². The molecule has 0 fully saturated rings. The Kier molecular flexibility index (Phi) is 7.23. The van der Waals surface area contributed by atoms with Crippen LogP contribution in [0.15, 0.2) is 54.9 Å². The lowest BCUT2D eigenvalue weighted by Gasteiger charge is -2.13. The molecule has 9 heteroatoms. The Morgan fingerprint density at radius 3 is 2.70 bits per heavy atom. The maximum Gasteiger partial charge on any atom is 0.269 e. The molecule has 0 saturated heterocycles. The minimum Gasteiger partial charge on any atom is -0.366 e. The zero-order valence-electron chi connectivity index (χ0n) is 17.1. The maximum atomic E-state index is 11.0. The molecule has 0 amide bonds. The maximum absolute atomic E-state index is 11.0. The smallest absolute Gasteiger partial charge is 0.269 e. The largest absolute Gasteiger partial charge is 0.366 e. The van der Waals surface area contributed by atoms with Crippen LogP contribution in [0.25, 0.3) is 11.3 Å². The summed E-state index contributed by atoms with van der Waals surface area (Å²) in [4.78, 5) is 26.0. The van der Waals surface area contributed by atoms with Gasteiger partial charge in [0.05, 0.1) is 10.6 Å². The molecule has 3 aromatic rings. The number of aromatic nitrogens is 3. The van der Waals surface area contributed by atoms with E-state index in [1.807, 2.05) is 38.4 Å². The van der Waals surface area contributed by atoms with Gasteiger partial charge in [0.2, 0.25) is 5.95 Å². The van der Waals surface area contributed by atoms with Gasteiger partial charge in [0.1, 0.15) is 5.82 Å². The molecular weight excluding hydrogens is 382 g/mol. The highest BCUT2D eigenvalue weighted by Gasteiger charge is 2.09. The number of benzene rings is 1. The Hall–Kier alpha value is -3.59. The molecule has 3 rings (SSSR count). The van der Waals surface area contributed by atoms with Crippen molar-refractivity contribution in [2.45, 2.75) is 13.0 Å². The standard InChI is InChI=1S/C21H25N7O2/c1-27(2)11-5-10-23-21-25-19(17-7-4-9-22-15-17)13-20(26-21)24-14-16-6-3-8-18(12-16)28(29)30/h3-4,6-9,12-13,15H,5,10-11,14H2,1-2H3,(H2,23,24,25,26). The molecule has 0 radical (unpaired) electrons. The molecule has 0 atom stereocenters. The van der Waals surface area contributed by atoms with Crippen molar-refractivity contribution in [3.63, 3.8) is 0 Å². The van der Waals surface area contributed by atoms with Gasteiger partial charge in [-0.2, -0.15) is 4.98 Å². The number of nitrogens with one attached hydrogen (secondary N) is 2. The topological polar surface area (TPSA) is 109 Å². The second-order valence-electron chi connectivity index (χ2n) is 7.07. The summed E-state index contributed by atoms with van der Waals surface area (Å²) >= 11 is 0. The zero-order chi connectivity index (χ0) is 21.3. The van der Waals surface area contributed by atoms with Gasteiger partial charge in [-0.15, -0.1) is 0 Å². The first-order valence-electron chi connectivity index (χ1n) is 9.66. The van der Waals surface area contributed by atoms with E-state index in [0.29, 0.717) is 18.3 Å². The SMILES string of the molecule is CN(C)CCCNc1nc(NCc2cccc([N+](=O)[O-])c2)cc(-c2cccnc2)n1. The number of hydrogen-bond donors (Lipinski definition) is 2. The fraction of sp³-hybridized carbons (Fsp3) is 0.286. The average Bonchev–Trinajstić information content (AvgIpc) is 2.76. The van der Waals surface area contributed by atoms with Crippen molar-refractivity contribution < 1.29 is 4.92 Å².